The normalized spacial score (nSPS) is 17.5. The number of allylic oxidation sites excluding steroid dienone is 1. The van der Waals surface area contributed by atoms with Crippen LogP contribution in [0.4, 0.5) is 0 Å². The Kier molecular flexibility index (Phi) is 19.7. The van der Waals surface area contributed by atoms with E-state index < -0.39 is 13.9 Å². The second kappa shape index (κ2) is 23.4. The highest BCUT2D eigenvalue weighted by Crippen LogP contribution is 2.46. The van der Waals surface area contributed by atoms with Crippen molar-refractivity contribution in [1.82, 2.24) is 0 Å². The van der Waals surface area contributed by atoms with Crippen LogP contribution in [0.5, 0.6) is 0 Å². The minimum absolute atomic E-state index is 0.179. The highest BCUT2D eigenvalue weighted by atomic mass is 31.2. The van der Waals surface area contributed by atoms with E-state index in [1.807, 2.05) is 60.7 Å². The third-order valence-electron chi connectivity index (χ3n) is 9.31. The van der Waals surface area contributed by atoms with Crippen molar-refractivity contribution in [2.45, 2.75) is 129 Å². The molecule has 48 heavy (non-hydrogen) atoms. The van der Waals surface area contributed by atoms with Gasteiger partial charge < -0.3 is 23.4 Å². The molecule has 2 atom stereocenters. The summed E-state index contributed by atoms with van der Waals surface area (Å²) in [5.41, 5.74) is 2.69. The number of rotatable bonds is 26. The largest absolute Gasteiger partial charge is 0.746 e. The third-order valence-corrected chi connectivity index (χ3v) is 10.2. The van der Waals surface area contributed by atoms with E-state index in [0.717, 1.165) is 55.5 Å². The number of phosphoric ester groups is 1. The van der Waals surface area contributed by atoms with Crippen LogP contribution in [-0.2, 0) is 29.7 Å². The molecule has 1 fully saturated rings. The van der Waals surface area contributed by atoms with Gasteiger partial charge in [0.2, 0.25) is 0 Å². The Morgan fingerprint density at radius 3 is 1.92 bits per heavy atom. The molecular weight excluding hydrogens is 621 g/mol. The van der Waals surface area contributed by atoms with Gasteiger partial charge in [0.15, 0.2) is 11.5 Å². The number of hydrogen-bond acceptors (Lipinski definition) is 6. The topological polar surface area (TPSA) is 77.1 Å². The molecule has 8 heteroatoms. The lowest BCUT2D eigenvalue weighted by atomic mass is 10.0. The van der Waals surface area contributed by atoms with Gasteiger partial charge in [-0.25, -0.2) is 0 Å². The average Bonchev–Trinajstić information content (AvgIpc) is 3.08. The van der Waals surface area contributed by atoms with Crippen LogP contribution in [0.1, 0.15) is 127 Å². The molecule has 0 aromatic heterocycles. The van der Waals surface area contributed by atoms with Gasteiger partial charge in [-0.2, -0.15) is 0 Å². The Hall–Kier alpha value is -1.99. The summed E-state index contributed by atoms with van der Waals surface area (Å²) in [6.07, 6.45) is 20.6. The predicted molar refractivity (Wildman–Crippen MR) is 195 cm³/mol. The van der Waals surface area contributed by atoms with Crippen LogP contribution in [0.3, 0.4) is 0 Å². The molecule has 7 nitrogen and oxygen atoms in total. The van der Waals surface area contributed by atoms with Crippen molar-refractivity contribution in [2.75, 3.05) is 40.5 Å². The third kappa shape index (κ3) is 16.6. The van der Waals surface area contributed by atoms with Crippen LogP contribution in [-0.4, -0.2) is 51.0 Å². The molecule has 0 spiro atoms. The van der Waals surface area contributed by atoms with Crippen LogP contribution in [0, 0.1) is 0 Å². The van der Waals surface area contributed by atoms with E-state index in [0.29, 0.717) is 23.5 Å². The summed E-state index contributed by atoms with van der Waals surface area (Å²) in [7, 11) is -0.521. The first-order valence-electron chi connectivity index (χ1n) is 18.8. The van der Waals surface area contributed by atoms with Crippen molar-refractivity contribution in [3.63, 3.8) is 0 Å². The number of hydrogen-bond donors (Lipinski definition) is 0. The molecule has 3 rings (SSSR count). The summed E-state index contributed by atoms with van der Waals surface area (Å²) >= 11 is 0. The predicted octanol–water partition coefficient (Wildman–Crippen LogP) is 10.2. The smallest absolute Gasteiger partial charge is 0.320 e. The minimum Gasteiger partial charge on any atom is -0.746 e. The summed E-state index contributed by atoms with van der Waals surface area (Å²) in [6.45, 7) is 4.22. The van der Waals surface area contributed by atoms with Gasteiger partial charge in [0.1, 0.15) is 6.10 Å². The SMILES string of the molecule is CCCCCCCCCCCCCCCCOCC(COP(=O)([O-])OC(=C1CCCC[N+]1(C)C)c1ccccc1)OCc1ccccc1. The molecule has 1 aliphatic heterocycles. The molecule has 0 radical (unpaired) electrons. The molecule has 0 aliphatic carbocycles. The quantitative estimate of drug-likeness (QED) is 0.0425. The van der Waals surface area contributed by atoms with Gasteiger partial charge in [-0.05, 0) is 24.8 Å². The summed E-state index contributed by atoms with van der Waals surface area (Å²) in [4.78, 5) is 13.3. The molecule has 2 aromatic rings. The Balaban J connectivity index is 1.43. The fourth-order valence-corrected chi connectivity index (χ4v) is 7.18. The maximum atomic E-state index is 13.3. The Morgan fingerprint density at radius 1 is 0.771 bits per heavy atom. The van der Waals surface area contributed by atoms with Gasteiger partial charge >= 0.3 is 7.82 Å². The van der Waals surface area contributed by atoms with Crippen molar-refractivity contribution >= 4 is 13.6 Å². The average molecular weight is 686 g/mol. The lowest BCUT2D eigenvalue weighted by Gasteiger charge is -2.37. The van der Waals surface area contributed by atoms with Crippen LogP contribution in [0.25, 0.3) is 5.76 Å². The maximum Gasteiger partial charge on any atom is 0.320 e. The Labute approximate surface area is 292 Å². The van der Waals surface area contributed by atoms with Crippen molar-refractivity contribution in [3.8, 4) is 0 Å². The van der Waals surface area contributed by atoms with E-state index in [4.69, 9.17) is 18.5 Å². The Bertz CT molecular complexity index is 1190. The summed E-state index contributed by atoms with van der Waals surface area (Å²) in [6, 6.07) is 19.3. The van der Waals surface area contributed by atoms with E-state index in [1.165, 1.54) is 77.0 Å². The van der Waals surface area contributed by atoms with Gasteiger partial charge in [0, 0.05) is 18.6 Å². The number of benzene rings is 2. The standard InChI is InChI=1S/C40H64NO6P/c1-4-5-6-7-8-9-10-11-12-13-14-15-16-25-32-44-34-38(45-33-36-26-19-17-20-27-36)35-46-48(42,43)47-40(37-28-21-18-22-29-37)39-30-23-24-31-41(39,2)3/h17-22,26-29,38H,4-16,23-25,30-35H2,1-3H3. The highest BCUT2D eigenvalue weighted by molar-refractivity contribution is 7.46. The number of phosphoric acid groups is 1. The number of unbranched alkanes of at least 4 members (excludes halogenated alkanes) is 13. The fraction of sp³-hybridized carbons (Fsp3) is 0.650. The van der Waals surface area contributed by atoms with Crippen molar-refractivity contribution in [3.05, 3.63) is 77.5 Å². The fourth-order valence-electron chi connectivity index (χ4n) is 6.35. The lowest BCUT2D eigenvalue weighted by molar-refractivity contribution is -0.857. The van der Waals surface area contributed by atoms with E-state index in [9.17, 15) is 9.46 Å². The van der Waals surface area contributed by atoms with Gasteiger partial charge in [0.05, 0.1) is 40.5 Å². The second-order valence-electron chi connectivity index (χ2n) is 13.9. The number of ether oxygens (including phenoxy) is 2. The number of piperidine rings is 1. The number of nitrogens with zero attached hydrogens (tertiary/aromatic N) is 1. The van der Waals surface area contributed by atoms with Crippen LogP contribution in [0.15, 0.2) is 66.4 Å². The van der Waals surface area contributed by atoms with E-state index in [-0.39, 0.29) is 13.2 Å². The van der Waals surface area contributed by atoms with Crippen LogP contribution in [0.2, 0.25) is 0 Å². The zero-order chi connectivity index (χ0) is 34.3. The molecular formula is C40H64NO6P. The highest BCUT2D eigenvalue weighted by Gasteiger charge is 2.33. The van der Waals surface area contributed by atoms with Gasteiger partial charge in [-0.15, -0.1) is 0 Å². The molecule has 0 bridgehead atoms. The second-order valence-corrected chi connectivity index (χ2v) is 15.3. The van der Waals surface area contributed by atoms with Gasteiger partial charge in [-0.1, -0.05) is 151 Å². The Morgan fingerprint density at radius 2 is 1.33 bits per heavy atom. The van der Waals surface area contributed by atoms with Gasteiger partial charge in [-0.3, -0.25) is 9.05 Å². The first kappa shape index (κ1) is 40.4. The molecule has 0 amide bonds. The summed E-state index contributed by atoms with van der Waals surface area (Å²) < 4.78 is 37.3. The van der Waals surface area contributed by atoms with Crippen molar-refractivity contribution in [1.29, 1.82) is 0 Å². The monoisotopic (exact) mass is 685 g/mol. The number of likely N-dealkylation sites (tertiary alicyclic amines) is 1. The number of quaternary nitrogens is 1. The molecule has 0 N–H and O–H groups in total. The maximum absolute atomic E-state index is 13.3. The van der Waals surface area contributed by atoms with E-state index in [1.54, 1.807) is 0 Å². The zero-order valence-corrected chi connectivity index (χ0v) is 31.1. The van der Waals surface area contributed by atoms with Gasteiger partial charge in [0.25, 0.3) is 0 Å². The molecule has 1 aliphatic rings. The van der Waals surface area contributed by atoms with E-state index >= 15 is 0 Å². The molecule has 0 saturated carbocycles. The first-order chi connectivity index (χ1) is 23.3. The molecule has 2 unspecified atom stereocenters. The summed E-state index contributed by atoms with van der Waals surface area (Å²) in [5.74, 6) is 0.370. The van der Waals surface area contributed by atoms with Crippen molar-refractivity contribution < 1.29 is 32.5 Å². The van der Waals surface area contributed by atoms with Crippen LogP contribution >= 0.6 is 7.82 Å². The molecule has 1 saturated heterocycles. The van der Waals surface area contributed by atoms with E-state index in [2.05, 4.69) is 21.0 Å². The lowest BCUT2D eigenvalue weighted by Crippen LogP contribution is -2.42. The molecule has 2 aromatic carbocycles. The van der Waals surface area contributed by atoms with Crippen LogP contribution < -0.4 is 4.89 Å². The molecule has 1 heterocycles. The van der Waals surface area contributed by atoms with Crippen molar-refractivity contribution in [2.24, 2.45) is 0 Å². The first-order valence-corrected chi connectivity index (χ1v) is 20.3. The summed E-state index contributed by atoms with van der Waals surface area (Å²) in [5, 5.41) is 0. The minimum atomic E-state index is -4.72. The zero-order valence-electron chi connectivity index (χ0n) is 30.3. The molecule has 270 valence electrons.